The number of nitrogens with one attached hydrogen (secondary N) is 1. The second-order valence-corrected chi connectivity index (χ2v) is 3.59. The van der Waals surface area contributed by atoms with Crippen molar-refractivity contribution in [3.05, 3.63) is 51.0 Å². The van der Waals surface area contributed by atoms with Crippen LogP contribution in [0.25, 0.3) is 21.9 Å². The first-order chi connectivity index (χ1) is 8.16. The van der Waals surface area contributed by atoms with Gasteiger partial charge in [-0.25, -0.2) is 4.79 Å². The molecule has 1 heterocycles. The number of oxazole rings is 1. The lowest BCUT2D eigenvalue weighted by molar-refractivity contribution is -0.383. The Morgan fingerprint density at radius 3 is 2.65 bits per heavy atom. The molecule has 0 radical (unpaired) electrons. The Labute approximate surface area is 93.6 Å². The number of hydrogen-bond donors (Lipinski definition) is 1. The lowest BCUT2D eigenvalue weighted by atomic mass is 10.1. The molecule has 3 rings (SSSR count). The third kappa shape index (κ3) is 1.31. The Bertz CT molecular complexity index is 800. The number of hydrogen-bond acceptors (Lipinski definition) is 4. The second-order valence-electron chi connectivity index (χ2n) is 3.59. The molecule has 0 aliphatic rings. The summed E-state index contributed by atoms with van der Waals surface area (Å²) in [6.45, 7) is 0. The Kier molecular flexibility index (Phi) is 1.79. The van der Waals surface area contributed by atoms with Gasteiger partial charge in [0.15, 0.2) is 5.58 Å². The van der Waals surface area contributed by atoms with Crippen molar-refractivity contribution in [2.45, 2.75) is 0 Å². The van der Waals surface area contributed by atoms with E-state index < -0.39 is 10.7 Å². The average Bonchev–Trinajstić information content (AvgIpc) is 2.68. The molecule has 17 heavy (non-hydrogen) atoms. The van der Waals surface area contributed by atoms with Crippen molar-refractivity contribution in [2.24, 2.45) is 0 Å². The highest BCUT2D eigenvalue weighted by atomic mass is 16.6. The lowest BCUT2D eigenvalue weighted by Gasteiger charge is -1.99. The first-order valence-corrected chi connectivity index (χ1v) is 4.86. The van der Waals surface area contributed by atoms with Crippen LogP contribution >= 0.6 is 0 Å². The van der Waals surface area contributed by atoms with Gasteiger partial charge in [-0.2, -0.15) is 0 Å². The normalized spacial score (nSPS) is 11.1. The minimum Gasteiger partial charge on any atom is -0.408 e. The molecule has 0 aliphatic carbocycles. The lowest BCUT2D eigenvalue weighted by Crippen LogP contribution is -1.93. The van der Waals surface area contributed by atoms with E-state index in [4.69, 9.17) is 4.42 Å². The Morgan fingerprint density at radius 1 is 1.24 bits per heavy atom. The van der Waals surface area contributed by atoms with Crippen LogP contribution in [0, 0.1) is 10.1 Å². The molecule has 0 bridgehead atoms. The summed E-state index contributed by atoms with van der Waals surface area (Å²) in [6, 6.07) is 8.06. The zero-order valence-corrected chi connectivity index (χ0v) is 8.47. The van der Waals surface area contributed by atoms with Crippen molar-refractivity contribution < 1.29 is 9.34 Å². The summed E-state index contributed by atoms with van der Waals surface area (Å²) < 4.78 is 4.85. The molecule has 0 fully saturated rings. The zero-order valence-electron chi connectivity index (χ0n) is 8.47. The molecule has 0 amide bonds. The Morgan fingerprint density at radius 2 is 1.94 bits per heavy atom. The number of nitro groups is 1. The molecular formula is C11H6N2O4. The van der Waals surface area contributed by atoms with Crippen molar-refractivity contribution in [1.82, 2.24) is 4.98 Å². The van der Waals surface area contributed by atoms with E-state index in [9.17, 15) is 14.9 Å². The van der Waals surface area contributed by atoms with E-state index in [0.717, 1.165) is 0 Å². The van der Waals surface area contributed by atoms with Gasteiger partial charge in [-0.3, -0.25) is 15.1 Å². The van der Waals surface area contributed by atoms with Crippen LogP contribution in [-0.4, -0.2) is 9.91 Å². The van der Waals surface area contributed by atoms with E-state index in [1.807, 2.05) is 0 Å². The molecule has 0 saturated carbocycles. The van der Waals surface area contributed by atoms with Crippen molar-refractivity contribution in [3.63, 3.8) is 0 Å². The van der Waals surface area contributed by atoms with E-state index in [1.165, 1.54) is 6.07 Å². The van der Waals surface area contributed by atoms with Gasteiger partial charge in [0.1, 0.15) is 0 Å². The minimum absolute atomic E-state index is 0.0733. The highest BCUT2D eigenvalue weighted by Gasteiger charge is 2.17. The number of nitro benzene ring substituents is 1. The quantitative estimate of drug-likeness (QED) is 0.512. The van der Waals surface area contributed by atoms with Crippen LogP contribution < -0.4 is 5.76 Å². The van der Waals surface area contributed by atoms with Gasteiger partial charge in [0.25, 0.3) is 5.69 Å². The van der Waals surface area contributed by atoms with Crippen molar-refractivity contribution in [3.8, 4) is 0 Å². The van der Waals surface area contributed by atoms with E-state index in [-0.39, 0.29) is 11.3 Å². The van der Waals surface area contributed by atoms with Crippen LogP contribution in [0.5, 0.6) is 0 Å². The second kappa shape index (κ2) is 3.18. The van der Waals surface area contributed by atoms with Crippen molar-refractivity contribution in [1.29, 1.82) is 0 Å². The molecule has 0 spiro atoms. The SMILES string of the molecule is O=c1[nH]c2c(cc([N+](=O)[O-])c3ccccc32)o1. The van der Waals surface area contributed by atoms with E-state index >= 15 is 0 Å². The Hall–Kier alpha value is -2.63. The molecule has 0 atom stereocenters. The number of fused-ring (bicyclic) bond motifs is 3. The molecule has 6 heteroatoms. The highest BCUT2D eigenvalue weighted by Crippen LogP contribution is 2.31. The van der Waals surface area contributed by atoms with Crippen molar-refractivity contribution in [2.75, 3.05) is 0 Å². The standard InChI is InChI=1S/C11H6N2O4/c14-11-12-10-7-4-2-1-3-6(7)8(13(15)16)5-9(10)17-11/h1-5H,(H,12,14). The van der Waals surface area contributed by atoms with E-state index in [1.54, 1.807) is 24.3 Å². The number of aromatic amines is 1. The van der Waals surface area contributed by atoms with Gasteiger partial charge in [-0.05, 0) is 6.07 Å². The number of aromatic nitrogens is 1. The van der Waals surface area contributed by atoms with Gasteiger partial charge >= 0.3 is 5.76 Å². The van der Waals surface area contributed by atoms with Crippen LogP contribution in [0.4, 0.5) is 5.69 Å². The highest BCUT2D eigenvalue weighted by molar-refractivity contribution is 6.07. The molecule has 2 aromatic carbocycles. The number of H-pyrrole nitrogens is 1. The fraction of sp³-hybridized carbons (Fsp3) is 0. The van der Waals surface area contributed by atoms with Gasteiger partial charge in [-0.15, -0.1) is 0 Å². The maximum absolute atomic E-state index is 11.1. The van der Waals surface area contributed by atoms with Gasteiger partial charge in [0.05, 0.1) is 21.9 Å². The summed E-state index contributed by atoms with van der Waals surface area (Å²) in [6.07, 6.45) is 0. The first kappa shape index (κ1) is 9.59. The van der Waals surface area contributed by atoms with Crippen LogP contribution in [-0.2, 0) is 0 Å². The summed E-state index contributed by atoms with van der Waals surface area (Å²) in [5, 5.41) is 12.0. The molecule has 0 aliphatic heterocycles. The molecular weight excluding hydrogens is 224 g/mol. The third-order valence-electron chi connectivity index (χ3n) is 2.61. The predicted molar refractivity (Wildman–Crippen MR) is 61.0 cm³/mol. The predicted octanol–water partition coefficient (Wildman–Crippen LogP) is 2.18. The van der Waals surface area contributed by atoms with Crippen LogP contribution in [0.3, 0.4) is 0 Å². The van der Waals surface area contributed by atoms with Gasteiger partial charge in [0.2, 0.25) is 0 Å². The molecule has 6 nitrogen and oxygen atoms in total. The minimum atomic E-state index is -0.620. The molecule has 1 aromatic heterocycles. The summed E-state index contributed by atoms with van der Waals surface area (Å²) >= 11 is 0. The van der Waals surface area contributed by atoms with Gasteiger partial charge in [0, 0.05) is 5.39 Å². The number of non-ortho nitro benzene ring substituents is 1. The molecule has 0 unspecified atom stereocenters. The van der Waals surface area contributed by atoms with E-state index in [2.05, 4.69) is 4.98 Å². The monoisotopic (exact) mass is 230 g/mol. The van der Waals surface area contributed by atoms with Gasteiger partial charge in [-0.1, -0.05) is 18.2 Å². The maximum atomic E-state index is 11.1. The topological polar surface area (TPSA) is 89.1 Å². The number of benzene rings is 2. The summed E-state index contributed by atoms with van der Waals surface area (Å²) in [4.78, 5) is 24.1. The number of rotatable bonds is 1. The van der Waals surface area contributed by atoms with Crippen LogP contribution in [0.1, 0.15) is 0 Å². The fourth-order valence-corrected chi connectivity index (χ4v) is 1.92. The molecule has 0 saturated heterocycles. The van der Waals surface area contributed by atoms with Crippen molar-refractivity contribution >= 4 is 27.6 Å². The summed E-state index contributed by atoms with van der Waals surface area (Å²) in [5.74, 6) is -0.620. The fourth-order valence-electron chi connectivity index (χ4n) is 1.92. The van der Waals surface area contributed by atoms with Crippen LogP contribution in [0.15, 0.2) is 39.5 Å². The zero-order chi connectivity index (χ0) is 12.0. The molecule has 1 N–H and O–H groups in total. The first-order valence-electron chi connectivity index (χ1n) is 4.86. The van der Waals surface area contributed by atoms with E-state index in [0.29, 0.717) is 16.3 Å². The summed E-state index contributed by atoms with van der Waals surface area (Å²) in [7, 11) is 0. The Balaban J connectivity index is 2.63. The molecule has 3 aromatic rings. The van der Waals surface area contributed by atoms with Gasteiger partial charge < -0.3 is 4.42 Å². The average molecular weight is 230 g/mol. The summed E-state index contributed by atoms with van der Waals surface area (Å²) in [5.41, 5.74) is 0.604. The molecule has 84 valence electrons. The smallest absolute Gasteiger partial charge is 0.408 e. The van der Waals surface area contributed by atoms with Crippen LogP contribution in [0.2, 0.25) is 0 Å². The maximum Gasteiger partial charge on any atom is 0.417 e. The third-order valence-corrected chi connectivity index (χ3v) is 2.61. The number of nitrogens with zero attached hydrogens (tertiary/aromatic N) is 1. The largest absolute Gasteiger partial charge is 0.417 e.